The van der Waals surface area contributed by atoms with Crippen LogP contribution in [0.3, 0.4) is 0 Å². The highest BCUT2D eigenvalue weighted by atomic mass is 35.5. The third-order valence-corrected chi connectivity index (χ3v) is 4.15. The van der Waals surface area contributed by atoms with Gasteiger partial charge in [0.25, 0.3) is 5.91 Å². The molecule has 0 fully saturated rings. The van der Waals surface area contributed by atoms with Gasteiger partial charge >= 0.3 is 12.6 Å². The van der Waals surface area contributed by atoms with E-state index in [1.165, 1.54) is 36.0 Å². The Morgan fingerprint density at radius 1 is 1.19 bits per heavy atom. The molecule has 5 nitrogen and oxygen atoms in total. The molecule has 1 amide bonds. The lowest BCUT2D eigenvalue weighted by atomic mass is 10.2. The molecule has 0 aliphatic rings. The highest BCUT2D eigenvalue weighted by Crippen LogP contribution is 2.23. The minimum atomic E-state index is -2.92. The number of halogens is 3. The van der Waals surface area contributed by atoms with E-state index in [1.54, 1.807) is 18.2 Å². The van der Waals surface area contributed by atoms with Crippen LogP contribution in [0.5, 0.6) is 5.75 Å². The molecule has 2 aromatic carbocycles. The van der Waals surface area contributed by atoms with Gasteiger partial charge in [-0.1, -0.05) is 11.6 Å². The molecule has 2 rings (SSSR count). The topological polar surface area (TPSA) is 64.6 Å². The Kier molecular flexibility index (Phi) is 7.23. The van der Waals surface area contributed by atoms with Crippen molar-refractivity contribution in [3.8, 4) is 5.75 Å². The Bertz CT molecular complexity index is 787. The van der Waals surface area contributed by atoms with Crippen LogP contribution in [0, 0.1) is 0 Å². The number of ether oxygens (including phenoxy) is 2. The van der Waals surface area contributed by atoms with Crippen LogP contribution in [0.15, 0.2) is 47.4 Å². The van der Waals surface area contributed by atoms with E-state index in [0.29, 0.717) is 5.69 Å². The Balaban J connectivity index is 1.89. The predicted molar refractivity (Wildman–Crippen MR) is 95.2 cm³/mol. The summed E-state index contributed by atoms with van der Waals surface area (Å²) in [4.78, 5) is 24.7. The number of carbonyl (C=O) groups excluding carboxylic acids is 2. The molecule has 0 saturated heterocycles. The van der Waals surface area contributed by atoms with Crippen LogP contribution in [0.2, 0.25) is 5.02 Å². The fourth-order valence-corrected chi connectivity index (χ4v) is 2.55. The van der Waals surface area contributed by atoms with Gasteiger partial charge < -0.3 is 14.8 Å². The van der Waals surface area contributed by atoms with Crippen molar-refractivity contribution in [3.05, 3.63) is 53.1 Å². The average Bonchev–Trinajstić information content (AvgIpc) is 2.61. The highest BCUT2D eigenvalue weighted by molar-refractivity contribution is 7.98. The van der Waals surface area contributed by atoms with Crippen molar-refractivity contribution in [2.24, 2.45) is 0 Å². The minimum absolute atomic E-state index is 0.0345. The second-order valence-corrected chi connectivity index (χ2v) is 6.16. The number of hydrogen-bond donors (Lipinski definition) is 1. The molecule has 0 heterocycles. The predicted octanol–water partition coefficient (Wildman–Crippen LogP) is 4.46. The molecule has 0 aliphatic carbocycles. The summed E-state index contributed by atoms with van der Waals surface area (Å²) in [5, 5.41) is 2.69. The van der Waals surface area contributed by atoms with E-state index in [1.807, 2.05) is 6.26 Å². The van der Waals surface area contributed by atoms with Crippen molar-refractivity contribution in [1.82, 2.24) is 0 Å². The van der Waals surface area contributed by atoms with Gasteiger partial charge in [-0.3, -0.25) is 4.79 Å². The average molecular weight is 402 g/mol. The van der Waals surface area contributed by atoms with Gasteiger partial charge in [0.1, 0.15) is 5.75 Å². The zero-order valence-corrected chi connectivity index (χ0v) is 15.1. The number of rotatable bonds is 7. The van der Waals surface area contributed by atoms with Gasteiger partial charge in [-0.25, -0.2) is 4.79 Å². The van der Waals surface area contributed by atoms with Gasteiger partial charge in [0, 0.05) is 10.6 Å². The number of carbonyl (C=O) groups is 2. The monoisotopic (exact) mass is 401 g/mol. The van der Waals surface area contributed by atoms with E-state index in [0.717, 1.165) is 4.90 Å². The second kappa shape index (κ2) is 9.40. The third kappa shape index (κ3) is 5.89. The zero-order valence-electron chi connectivity index (χ0n) is 13.5. The van der Waals surface area contributed by atoms with Gasteiger partial charge in [-0.15, -0.1) is 11.8 Å². The van der Waals surface area contributed by atoms with E-state index in [-0.39, 0.29) is 16.3 Å². The van der Waals surface area contributed by atoms with Crippen molar-refractivity contribution in [1.29, 1.82) is 0 Å². The summed E-state index contributed by atoms with van der Waals surface area (Å²) in [6, 6.07) is 10.2. The molecule has 0 radical (unpaired) electrons. The first-order valence-electron chi connectivity index (χ1n) is 7.24. The van der Waals surface area contributed by atoms with Gasteiger partial charge in [-0.2, -0.15) is 8.78 Å². The van der Waals surface area contributed by atoms with Crippen LogP contribution in [-0.2, 0) is 9.53 Å². The summed E-state index contributed by atoms with van der Waals surface area (Å²) in [6.07, 6.45) is 1.85. The molecule has 1 N–H and O–H groups in total. The van der Waals surface area contributed by atoms with Crippen LogP contribution >= 0.6 is 23.4 Å². The Morgan fingerprint density at radius 2 is 1.88 bits per heavy atom. The summed E-state index contributed by atoms with van der Waals surface area (Å²) in [5.41, 5.74) is 0.509. The van der Waals surface area contributed by atoms with Gasteiger partial charge in [-0.05, 0) is 48.7 Å². The molecule has 0 unspecified atom stereocenters. The molecule has 0 aliphatic heterocycles. The maximum Gasteiger partial charge on any atom is 0.387 e. The van der Waals surface area contributed by atoms with Crippen LogP contribution in [0.4, 0.5) is 14.5 Å². The molecule has 138 valence electrons. The van der Waals surface area contributed by atoms with Crippen molar-refractivity contribution in [2.75, 3.05) is 18.2 Å². The number of alkyl halides is 2. The zero-order chi connectivity index (χ0) is 19.1. The first-order chi connectivity index (χ1) is 12.4. The standard InChI is InChI=1S/C17H14ClF2NO4S/c1-26-12-6-7-14(18)13(8-12)16(23)24-9-15(22)21-10-2-4-11(5-3-10)25-17(19)20/h2-8,17H,9H2,1H3,(H,21,22). The second-order valence-electron chi connectivity index (χ2n) is 4.87. The highest BCUT2D eigenvalue weighted by Gasteiger charge is 2.15. The van der Waals surface area contributed by atoms with Crippen LogP contribution in [0.25, 0.3) is 0 Å². The van der Waals surface area contributed by atoms with E-state index >= 15 is 0 Å². The molecule has 26 heavy (non-hydrogen) atoms. The lowest BCUT2D eigenvalue weighted by Crippen LogP contribution is -2.21. The Labute approximate surface area is 157 Å². The first-order valence-corrected chi connectivity index (χ1v) is 8.84. The number of amides is 1. The van der Waals surface area contributed by atoms with Gasteiger partial charge in [0.05, 0.1) is 10.6 Å². The van der Waals surface area contributed by atoms with Gasteiger partial charge in [0.2, 0.25) is 0 Å². The molecule has 0 aromatic heterocycles. The SMILES string of the molecule is CSc1ccc(Cl)c(C(=O)OCC(=O)Nc2ccc(OC(F)F)cc2)c1. The van der Waals surface area contributed by atoms with Crippen LogP contribution in [-0.4, -0.2) is 31.4 Å². The molecule has 2 aromatic rings. The Morgan fingerprint density at radius 3 is 2.50 bits per heavy atom. The Hall–Kier alpha value is -2.32. The van der Waals surface area contributed by atoms with Crippen LogP contribution in [0.1, 0.15) is 10.4 Å². The molecule has 0 saturated carbocycles. The van der Waals surface area contributed by atoms with Gasteiger partial charge in [0.15, 0.2) is 6.61 Å². The summed E-state index contributed by atoms with van der Waals surface area (Å²) in [7, 11) is 0. The molecular weight excluding hydrogens is 388 g/mol. The number of benzene rings is 2. The maximum atomic E-state index is 12.1. The fourth-order valence-electron chi connectivity index (χ4n) is 1.91. The quantitative estimate of drug-likeness (QED) is 0.548. The normalized spacial score (nSPS) is 10.5. The van der Waals surface area contributed by atoms with E-state index in [4.69, 9.17) is 16.3 Å². The number of anilines is 1. The molecule has 0 atom stereocenters. The number of nitrogens with one attached hydrogen (secondary N) is 1. The van der Waals surface area contributed by atoms with Crippen molar-refractivity contribution in [2.45, 2.75) is 11.5 Å². The third-order valence-electron chi connectivity index (χ3n) is 3.09. The first kappa shape index (κ1) is 20.0. The van der Waals surface area contributed by atoms with E-state index < -0.39 is 25.1 Å². The maximum absolute atomic E-state index is 12.1. The fraction of sp³-hybridized carbons (Fsp3) is 0.176. The molecular formula is C17H14ClF2NO4S. The van der Waals surface area contributed by atoms with Crippen molar-refractivity contribution in [3.63, 3.8) is 0 Å². The number of esters is 1. The summed E-state index contributed by atoms with van der Waals surface area (Å²) in [5.74, 6) is -1.34. The summed E-state index contributed by atoms with van der Waals surface area (Å²) in [6.45, 7) is -3.44. The lowest BCUT2D eigenvalue weighted by Gasteiger charge is -2.09. The largest absolute Gasteiger partial charge is 0.452 e. The summed E-state index contributed by atoms with van der Waals surface area (Å²) < 4.78 is 33.3. The van der Waals surface area contributed by atoms with Crippen molar-refractivity contribution < 1.29 is 27.8 Å². The van der Waals surface area contributed by atoms with Crippen LogP contribution < -0.4 is 10.1 Å². The summed E-state index contributed by atoms with van der Waals surface area (Å²) >= 11 is 7.41. The van der Waals surface area contributed by atoms with E-state index in [9.17, 15) is 18.4 Å². The smallest absolute Gasteiger partial charge is 0.387 e. The number of thioether (sulfide) groups is 1. The minimum Gasteiger partial charge on any atom is -0.452 e. The molecule has 0 spiro atoms. The lowest BCUT2D eigenvalue weighted by molar-refractivity contribution is -0.119. The van der Waals surface area contributed by atoms with E-state index in [2.05, 4.69) is 10.1 Å². The number of hydrogen-bond acceptors (Lipinski definition) is 5. The molecule has 9 heteroatoms. The van der Waals surface area contributed by atoms with Crippen molar-refractivity contribution >= 4 is 40.9 Å². The molecule has 0 bridgehead atoms.